The summed E-state index contributed by atoms with van der Waals surface area (Å²) in [6.45, 7) is 9.91. The van der Waals surface area contributed by atoms with Gasteiger partial charge in [0.05, 0.1) is 0 Å². The lowest BCUT2D eigenvalue weighted by Crippen LogP contribution is -2.11. The van der Waals surface area contributed by atoms with Gasteiger partial charge < -0.3 is 0 Å². The van der Waals surface area contributed by atoms with Crippen LogP contribution < -0.4 is 0 Å². The Hall–Kier alpha value is -0.600. The average molecular weight is 198 g/mol. The largest absolute Gasteiger partial charge is 0.251 e. The van der Waals surface area contributed by atoms with E-state index in [1.807, 2.05) is 6.92 Å². The number of allylic oxidation sites excluding steroid dienone is 2. The van der Waals surface area contributed by atoms with E-state index in [0.29, 0.717) is 0 Å². The predicted molar refractivity (Wildman–Crippen MR) is 60.2 cm³/mol. The lowest BCUT2D eigenvalue weighted by Gasteiger charge is -2.12. The maximum Gasteiger partial charge on any atom is 0.113 e. The van der Waals surface area contributed by atoms with Gasteiger partial charge in [-0.2, -0.15) is 0 Å². The van der Waals surface area contributed by atoms with Gasteiger partial charge in [0, 0.05) is 0 Å². The lowest BCUT2D eigenvalue weighted by atomic mass is 10.0. The van der Waals surface area contributed by atoms with Crippen LogP contribution in [-0.4, -0.2) is 11.4 Å². The second kappa shape index (κ2) is 7.77. The van der Waals surface area contributed by atoms with E-state index in [-0.39, 0.29) is 6.10 Å². The normalized spacial score (nSPS) is 14.1. The van der Waals surface area contributed by atoms with Gasteiger partial charge in [0.2, 0.25) is 0 Å². The minimum Gasteiger partial charge on any atom is -0.251 e. The van der Waals surface area contributed by atoms with Gasteiger partial charge in [-0.25, -0.2) is 4.89 Å². The van der Waals surface area contributed by atoms with Crippen LogP contribution in [0.25, 0.3) is 0 Å². The van der Waals surface area contributed by atoms with Crippen LogP contribution in [0.15, 0.2) is 23.8 Å². The molecule has 14 heavy (non-hydrogen) atoms. The van der Waals surface area contributed by atoms with Crippen molar-refractivity contribution in [1.82, 2.24) is 0 Å². The molecule has 0 saturated carbocycles. The Bertz CT molecular complexity index is 194. The molecule has 0 aromatic carbocycles. The van der Waals surface area contributed by atoms with Crippen LogP contribution in [0.5, 0.6) is 0 Å². The van der Waals surface area contributed by atoms with Gasteiger partial charge >= 0.3 is 0 Å². The summed E-state index contributed by atoms with van der Waals surface area (Å²) in [5, 5.41) is 8.61. The molecular formula is C12H22O2. The number of hydrogen-bond acceptors (Lipinski definition) is 2. The molecule has 0 aliphatic rings. The highest BCUT2D eigenvalue weighted by molar-refractivity contribution is 5.02. The van der Waals surface area contributed by atoms with Crippen molar-refractivity contribution in [1.29, 1.82) is 0 Å². The van der Waals surface area contributed by atoms with Crippen molar-refractivity contribution in [3.8, 4) is 0 Å². The first-order valence-corrected chi connectivity index (χ1v) is 5.23. The van der Waals surface area contributed by atoms with Crippen molar-refractivity contribution < 1.29 is 10.1 Å². The van der Waals surface area contributed by atoms with Crippen molar-refractivity contribution in [3.05, 3.63) is 23.8 Å². The molecule has 0 spiro atoms. The highest BCUT2D eigenvalue weighted by Crippen LogP contribution is 2.14. The molecule has 1 N–H and O–H groups in total. The van der Waals surface area contributed by atoms with Crippen LogP contribution in [0.3, 0.4) is 0 Å². The van der Waals surface area contributed by atoms with Gasteiger partial charge in [0.1, 0.15) is 6.10 Å². The lowest BCUT2D eigenvalue weighted by molar-refractivity contribution is -0.269. The van der Waals surface area contributed by atoms with Crippen LogP contribution >= 0.6 is 0 Å². The standard InChI is InChI=1S/C12H22O2/c1-5-6-7-11(4)8-9-12(14-13)10(2)3/h7,12-13H,2,5-6,8-9H2,1,3-4H3/b11-7+. The maximum absolute atomic E-state index is 8.61. The third kappa shape index (κ3) is 5.95. The molecule has 0 amide bonds. The minimum absolute atomic E-state index is 0.222. The van der Waals surface area contributed by atoms with Crippen LogP contribution in [-0.2, 0) is 4.89 Å². The van der Waals surface area contributed by atoms with Crippen molar-refractivity contribution in [3.63, 3.8) is 0 Å². The quantitative estimate of drug-likeness (QED) is 0.381. The molecule has 0 bridgehead atoms. The van der Waals surface area contributed by atoms with Gasteiger partial charge in [0.25, 0.3) is 0 Å². The summed E-state index contributed by atoms with van der Waals surface area (Å²) >= 11 is 0. The number of rotatable bonds is 7. The van der Waals surface area contributed by atoms with Crippen molar-refractivity contribution >= 4 is 0 Å². The van der Waals surface area contributed by atoms with E-state index in [4.69, 9.17) is 5.26 Å². The first-order valence-electron chi connectivity index (χ1n) is 5.23. The second-order valence-corrected chi connectivity index (χ2v) is 3.82. The van der Waals surface area contributed by atoms with E-state index in [0.717, 1.165) is 24.8 Å². The minimum atomic E-state index is -0.222. The molecule has 0 aliphatic carbocycles. The molecule has 0 aromatic heterocycles. The van der Waals surface area contributed by atoms with Crippen molar-refractivity contribution in [2.45, 2.75) is 52.6 Å². The SMILES string of the molecule is C=C(C)C(CC/C(C)=C/CCC)OO. The number of unbranched alkanes of at least 4 members (excludes halogenated alkanes) is 1. The van der Waals surface area contributed by atoms with Crippen LogP contribution in [0, 0.1) is 0 Å². The molecule has 0 fully saturated rings. The van der Waals surface area contributed by atoms with Gasteiger partial charge in [-0.1, -0.05) is 31.6 Å². The molecule has 0 aliphatic heterocycles. The zero-order valence-corrected chi connectivity index (χ0v) is 9.55. The zero-order valence-electron chi connectivity index (χ0n) is 9.55. The fourth-order valence-electron chi connectivity index (χ4n) is 1.24. The highest BCUT2D eigenvalue weighted by Gasteiger charge is 2.09. The molecule has 2 heteroatoms. The molecule has 0 saturated heterocycles. The third-order valence-corrected chi connectivity index (χ3v) is 2.26. The monoisotopic (exact) mass is 198 g/mol. The molecular weight excluding hydrogens is 176 g/mol. The Morgan fingerprint density at radius 1 is 1.50 bits per heavy atom. The summed E-state index contributed by atoms with van der Waals surface area (Å²) in [6.07, 6.45) is 6.09. The van der Waals surface area contributed by atoms with Crippen LogP contribution in [0.1, 0.15) is 46.5 Å². The predicted octanol–water partition coefficient (Wildman–Crippen LogP) is 3.95. The Balaban J connectivity index is 3.84. The third-order valence-electron chi connectivity index (χ3n) is 2.26. The summed E-state index contributed by atoms with van der Waals surface area (Å²) in [7, 11) is 0. The topological polar surface area (TPSA) is 29.5 Å². The summed E-state index contributed by atoms with van der Waals surface area (Å²) in [6, 6.07) is 0. The Labute approximate surface area is 87.2 Å². The van der Waals surface area contributed by atoms with Gasteiger partial charge in [0.15, 0.2) is 0 Å². The molecule has 0 heterocycles. The van der Waals surface area contributed by atoms with E-state index in [9.17, 15) is 0 Å². The first-order chi connectivity index (χ1) is 6.61. The Morgan fingerprint density at radius 2 is 2.14 bits per heavy atom. The zero-order chi connectivity index (χ0) is 11.0. The molecule has 82 valence electrons. The smallest absolute Gasteiger partial charge is 0.113 e. The van der Waals surface area contributed by atoms with E-state index in [1.165, 1.54) is 12.0 Å². The summed E-state index contributed by atoms with van der Waals surface area (Å²) in [5.74, 6) is 0. The summed E-state index contributed by atoms with van der Waals surface area (Å²) in [4.78, 5) is 4.34. The van der Waals surface area contributed by atoms with Crippen LogP contribution in [0.2, 0.25) is 0 Å². The van der Waals surface area contributed by atoms with Gasteiger partial charge in [-0.15, -0.1) is 0 Å². The van der Waals surface area contributed by atoms with Gasteiger partial charge in [-0.3, -0.25) is 5.26 Å². The fraction of sp³-hybridized carbons (Fsp3) is 0.667. The maximum atomic E-state index is 8.61. The van der Waals surface area contributed by atoms with E-state index in [2.05, 4.69) is 31.4 Å². The van der Waals surface area contributed by atoms with E-state index in [1.54, 1.807) is 0 Å². The number of hydrogen-bond donors (Lipinski definition) is 1. The first kappa shape index (κ1) is 13.4. The molecule has 1 unspecified atom stereocenters. The van der Waals surface area contributed by atoms with E-state index < -0.39 is 0 Å². The molecule has 0 radical (unpaired) electrons. The van der Waals surface area contributed by atoms with Gasteiger partial charge in [-0.05, 0) is 38.7 Å². The second-order valence-electron chi connectivity index (χ2n) is 3.82. The highest BCUT2D eigenvalue weighted by atomic mass is 17.1. The summed E-state index contributed by atoms with van der Waals surface area (Å²) < 4.78 is 0. The molecule has 1 atom stereocenters. The molecule has 2 nitrogen and oxygen atoms in total. The fourth-order valence-corrected chi connectivity index (χ4v) is 1.24. The molecule has 0 aromatic rings. The Morgan fingerprint density at radius 3 is 2.57 bits per heavy atom. The summed E-state index contributed by atoms with van der Waals surface area (Å²) in [5.41, 5.74) is 2.23. The molecule has 0 rings (SSSR count). The Kier molecular flexibility index (Phi) is 7.44. The van der Waals surface area contributed by atoms with E-state index >= 15 is 0 Å². The van der Waals surface area contributed by atoms with Crippen molar-refractivity contribution in [2.75, 3.05) is 0 Å². The van der Waals surface area contributed by atoms with Crippen LogP contribution in [0.4, 0.5) is 0 Å². The average Bonchev–Trinajstić information content (AvgIpc) is 2.15. The van der Waals surface area contributed by atoms with Crippen molar-refractivity contribution in [2.24, 2.45) is 0 Å².